The van der Waals surface area contributed by atoms with Crippen molar-refractivity contribution >= 4 is 26.0 Å². The van der Waals surface area contributed by atoms with Gasteiger partial charge in [-0.15, -0.1) is 0 Å². The van der Waals surface area contributed by atoms with Crippen molar-refractivity contribution in [2.45, 2.75) is 50.3 Å². The third kappa shape index (κ3) is 3.58. The Morgan fingerprint density at radius 2 is 1.84 bits per heavy atom. The normalized spacial score (nSPS) is 24.0. The first-order valence-electron chi connectivity index (χ1n) is 6.67. The van der Waals surface area contributed by atoms with Gasteiger partial charge in [-0.1, -0.05) is 34.5 Å². The lowest BCUT2D eigenvalue weighted by Gasteiger charge is -2.22. The Kier molecular flexibility index (Phi) is 4.69. The van der Waals surface area contributed by atoms with E-state index >= 15 is 0 Å². The molecular weight excluding hydrogens is 326 g/mol. The van der Waals surface area contributed by atoms with E-state index in [9.17, 15) is 8.42 Å². The zero-order valence-electron chi connectivity index (χ0n) is 11.3. The lowest BCUT2D eigenvalue weighted by Crippen LogP contribution is -2.40. The first-order valence-corrected chi connectivity index (χ1v) is 9.00. The molecule has 2 rings (SSSR count). The highest BCUT2D eigenvalue weighted by molar-refractivity contribution is 9.10. The highest BCUT2D eigenvalue weighted by Crippen LogP contribution is 2.35. The van der Waals surface area contributed by atoms with Crippen LogP contribution in [0.3, 0.4) is 0 Å². The van der Waals surface area contributed by atoms with Gasteiger partial charge < -0.3 is 0 Å². The van der Waals surface area contributed by atoms with Crippen LogP contribution in [0.15, 0.2) is 28.7 Å². The number of hydrogen-bond acceptors (Lipinski definition) is 2. The second-order valence-corrected chi connectivity index (χ2v) is 8.59. The predicted molar refractivity (Wildman–Crippen MR) is 81.7 cm³/mol. The van der Waals surface area contributed by atoms with Crippen LogP contribution in [0, 0.1) is 0 Å². The molecule has 1 aromatic carbocycles. The minimum Gasteiger partial charge on any atom is -0.212 e. The summed E-state index contributed by atoms with van der Waals surface area (Å²) in [6, 6.07) is 8.23. The van der Waals surface area contributed by atoms with E-state index in [1.54, 1.807) is 13.8 Å². The number of nitrogens with one attached hydrogen (secondary N) is 1. The van der Waals surface area contributed by atoms with Gasteiger partial charge in [0.2, 0.25) is 10.0 Å². The van der Waals surface area contributed by atoms with Gasteiger partial charge in [0.25, 0.3) is 0 Å². The van der Waals surface area contributed by atoms with Crippen molar-refractivity contribution < 1.29 is 8.42 Å². The predicted octanol–water partition coefficient (Wildman–Crippen LogP) is 3.41. The SMILES string of the molecule is CC(C)S(=O)(=O)N[C@H]1CCCC1c1ccc(Br)cc1. The van der Waals surface area contributed by atoms with Gasteiger partial charge >= 0.3 is 0 Å². The quantitative estimate of drug-likeness (QED) is 0.908. The molecule has 1 saturated carbocycles. The zero-order valence-corrected chi connectivity index (χ0v) is 13.7. The minimum absolute atomic E-state index is 0.0357. The van der Waals surface area contributed by atoms with E-state index in [1.165, 1.54) is 5.56 Å². The molecule has 0 bridgehead atoms. The number of sulfonamides is 1. The molecule has 1 aliphatic rings. The molecule has 1 N–H and O–H groups in total. The van der Waals surface area contributed by atoms with E-state index in [1.807, 2.05) is 12.1 Å². The monoisotopic (exact) mass is 345 g/mol. The minimum atomic E-state index is -3.19. The molecule has 3 nitrogen and oxygen atoms in total. The van der Waals surface area contributed by atoms with E-state index in [-0.39, 0.29) is 11.3 Å². The molecule has 1 aliphatic carbocycles. The molecule has 0 radical (unpaired) electrons. The van der Waals surface area contributed by atoms with Crippen LogP contribution in [0.2, 0.25) is 0 Å². The molecule has 1 unspecified atom stereocenters. The van der Waals surface area contributed by atoms with Crippen molar-refractivity contribution in [1.82, 2.24) is 4.72 Å². The fourth-order valence-corrected chi connectivity index (χ4v) is 3.80. The highest BCUT2D eigenvalue weighted by atomic mass is 79.9. The largest absolute Gasteiger partial charge is 0.214 e. The summed E-state index contributed by atoms with van der Waals surface area (Å²) < 4.78 is 27.9. The van der Waals surface area contributed by atoms with Crippen molar-refractivity contribution in [2.24, 2.45) is 0 Å². The van der Waals surface area contributed by atoms with Gasteiger partial charge in [0.15, 0.2) is 0 Å². The van der Waals surface area contributed by atoms with Gasteiger partial charge in [-0.25, -0.2) is 13.1 Å². The third-order valence-electron chi connectivity index (χ3n) is 3.75. The Hall–Kier alpha value is -0.390. The summed E-state index contributed by atoms with van der Waals surface area (Å²) in [5, 5.41) is -0.376. The van der Waals surface area contributed by atoms with Gasteiger partial charge in [0.1, 0.15) is 0 Å². The maximum atomic E-state index is 12.0. The van der Waals surface area contributed by atoms with Crippen molar-refractivity contribution in [3.05, 3.63) is 34.3 Å². The number of halogens is 1. The average Bonchev–Trinajstić information content (AvgIpc) is 2.77. The summed E-state index contributed by atoms with van der Waals surface area (Å²) in [5.74, 6) is 0.293. The van der Waals surface area contributed by atoms with Gasteiger partial charge in [0.05, 0.1) is 5.25 Å². The fraction of sp³-hybridized carbons (Fsp3) is 0.571. The topological polar surface area (TPSA) is 46.2 Å². The molecule has 0 amide bonds. The maximum absolute atomic E-state index is 12.0. The lowest BCUT2D eigenvalue weighted by molar-refractivity contribution is 0.519. The van der Waals surface area contributed by atoms with E-state index in [2.05, 4.69) is 32.8 Å². The molecule has 0 aromatic heterocycles. The number of hydrogen-bond donors (Lipinski definition) is 1. The molecule has 0 aliphatic heterocycles. The van der Waals surface area contributed by atoms with Crippen molar-refractivity contribution in [3.8, 4) is 0 Å². The van der Waals surface area contributed by atoms with Crippen LogP contribution in [-0.4, -0.2) is 19.7 Å². The van der Waals surface area contributed by atoms with Gasteiger partial charge in [-0.05, 0) is 44.4 Å². The fourth-order valence-electron chi connectivity index (χ4n) is 2.56. The van der Waals surface area contributed by atoms with E-state index in [0.717, 1.165) is 23.7 Å². The Balaban J connectivity index is 2.15. The summed E-state index contributed by atoms with van der Waals surface area (Å²) in [4.78, 5) is 0. The summed E-state index contributed by atoms with van der Waals surface area (Å²) in [5.41, 5.74) is 1.22. The summed E-state index contributed by atoms with van der Waals surface area (Å²) in [6.07, 6.45) is 3.05. The molecular formula is C14H20BrNO2S. The molecule has 0 heterocycles. The molecule has 19 heavy (non-hydrogen) atoms. The molecule has 0 saturated heterocycles. The molecule has 2 atom stereocenters. The van der Waals surface area contributed by atoms with Crippen LogP contribution in [0.4, 0.5) is 0 Å². The Bertz CT molecular complexity index is 525. The molecule has 1 aromatic rings. The van der Waals surface area contributed by atoms with Crippen molar-refractivity contribution in [2.75, 3.05) is 0 Å². The van der Waals surface area contributed by atoms with E-state index in [0.29, 0.717) is 5.92 Å². The smallest absolute Gasteiger partial charge is 0.212 e. The van der Waals surface area contributed by atoms with Crippen LogP contribution < -0.4 is 4.72 Å². The standard InChI is InChI=1S/C14H20BrNO2S/c1-10(2)19(17,18)16-14-5-3-4-13(14)11-6-8-12(15)9-7-11/h6-10,13-14,16H,3-5H2,1-2H3/t13?,14-/m0/s1. The summed E-state index contributed by atoms with van der Waals surface area (Å²) in [6.45, 7) is 3.43. The summed E-state index contributed by atoms with van der Waals surface area (Å²) >= 11 is 3.43. The van der Waals surface area contributed by atoms with Crippen LogP contribution >= 0.6 is 15.9 Å². The van der Waals surface area contributed by atoms with E-state index < -0.39 is 10.0 Å². The maximum Gasteiger partial charge on any atom is 0.214 e. The first-order chi connectivity index (χ1) is 8.90. The molecule has 106 valence electrons. The van der Waals surface area contributed by atoms with E-state index in [4.69, 9.17) is 0 Å². The van der Waals surface area contributed by atoms with Crippen LogP contribution in [0.25, 0.3) is 0 Å². The number of benzene rings is 1. The van der Waals surface area contributed by atoms with Gasteiger partial charge in [-0.2, -0.15) is 0 Å². The molecule has 0 spiro atoms. The van der Waals surface area contributed by atoms with Crippen molar-refractivity contribution in [3.63, 3.8) is 0 Å². The highest BCUT2D eigenvalue weighted by Gasteiger charge is 2.32. The van der Waals surface area contributed by atoms with Crippen LogP contribution in [0.5, 0.6) is 0 Å². The summed E-state index contributed by atoms with van der Waals surface area (Å²) in [7, 11) is -3.19. The second-order valence-electron chi connectivity index (χ2n) is 5.41. The Morgan fingerprint density at radius 3 is 2.42 bits per heavy atom. The van der Waals surface area contributed by atoms with Gasteiger partial charge in [0, 0.05) is 16.4 Å². The Labute approximate surface area is 124 Å². The van der Waals surface area contributed by atoms with Crippen LogP contribution in [0.1, 0.15) is 44.6 Å². The third-order valence-corrected chi connectivity index (χ3v) is 6.15. The van der Waals surface area contributed by atoms with Crippen LogP contribution in [-0.2, 0) is 10.0 Å². The van der Waals surface area contributed by atoms with Crippen molar-refractivity contribution in [1.29, 1.82) is 0 Å². The van der Waals surface area contributed by atoms with Gasteiger partial charge in [-0.3, -0.25) is 0 Å². The average molecular weight is 346 g/mol. The zero-order chi connectivity index (χ0) is 14.0. The Morgan fingerprint density at radius 1 is 1.21 bits per heavy atom. The first kappa shape index (κ1) is 15.0. The lowest BCUT2D eigenvalue weighted by atomic mass is 9.95. The molecule has 5 heteroatoms. The number of rotatable bonds is 4. The molecule has 1 fully saturated rings. The second kappa shape index (κ2) is 5.94.